The number of unbranched alkanes of at least 4 members (excludes halogenated alkanes) is 1. The van der Waals surface area contributed by atoms with Crippen LogP contribution in [0.1, 0.15) is 46.0 Å². The van der Waals surface area contributed by atoms with E-state index in [2.05, 4.69) is 19.2 Å². The van der Waals surface area contributed by atoms with Gasteiger partial charge in [-0.25, -0.2) is 0 Å². The van der Waals surface area contributed by atoms with Crippen LogP contribution in [0.3, 0.4) is 0 Å². The van der Waals surface area contributed by atoms with Crippen molar-refractivity contribution in [1.82, 2.24) is 5.32 Å². The summed E-state index contributed by atoms with van der Waals surface area (Å²) in [7, 11) is 1.70. The van der Waals surface area contributed by atoms with Gasteiger partial charge in [-0.3, -0.25) is 0 Å². The normalized spacial score (nSPS) is 12.9. The molecule has 0 aromatic heterocycles. The molecule has 0 aliphatic rings. The molecule has 0 saturated heterocycles. The quantitative estimate of drug-likeness (QED) is 0.524. The predicted octanol–water partition coefficient (Wildman–Crippen LogP) is 2.60. The summed E-state index contributed by atoms with van der Waals surface area (Å²) in [4.78, 5) is 0. The van der Waals surface area contributed by atoms with Crippen LogP contribution in [-0.4, -0.2) is 39.5 Å². The molecule has 0 aliphatic carbocycles. The third kappa shape index (κ3) is 10.4. The van der Waals surface area contributed by atoms with E-state index < -0.39 is 0 Å². The lowest BCUT2D eigenvalue weighted by atomic mass is 10.1. The highest BCUT2D eigenvalue weighted by Gasteiger charge is 2.05. The standard InChI is InChI=1S/C13H29NO2/c1-4-6-8-13(7-5-2)14-9-10-16-12-11-15-3/h13-14H,4-12H2,1-3H3. The summed E-state index contributed by atoms with van der Waals surface area (Å²) in [5, 5.41) is 3.57. The average Bonchev–Trinajstić information content (AvgIpc) is 2.30. The first kappa shape index (κ1) is 15.9. The number of ether oxygens (including phenoxy) is 2. The lowest BCUT2D eigenvalue weighted by molar-refractivity contribution is 0.0708. The third-order valence-electron chi connectivity index (χ3n) is 2.65. The van der Waals surface area contributed by atoms with Gasteiger partial charge >= 0.3 is 0 Å². The van der Waals surface area contributed by atoms with Gasteiger partial charge in [0.05, 0.1) is 19.8 Å². The zero-order valence-electron chi connectivity index (χ0n) is 11.3. The molecular formula is C13H29NO2. The molecular weight excluding hydrogens is 202 g/mol. The first-order valence-electron chi connectivity index (χ1n) is 6.65. The molecule has 1 unspecified atom stereocenters. The van der Waals surface area contributed by atoms with Crippen molar-refractivity contribution in [2.75, 3.05) is 33.5 Å². The van der Waals surface area contributed by atoms with E-state index in [1.54, 1.807) is 7.11 Å². The van der Waals surface area contributed by atoms with Crippen LogP contribution in [0.25, 0.3) is 0 Å². The van der Waals surface area contributed by atoms with Crippen LogP contribution in [0.5, 0.6) is 0 Å². The van der Waals surface area contributed by atoms with Crippen molar-refractivity contribution in [2.24, 2.45) is 0 Å². The van der Waals surface area contributed by atoms with Gasteiger partial charge in [0.2, 0.25) is 0 Å². The van der Waals surface area contributed by atoms with Gasteiger partial charge in [-0.1, -0.05) is 33.1 Å². The van der Waals surface area contributed by atoms with Crippen molar-refractivity contribution in [3.63, 3.8) is 0 Å². The molecule has 0 aromatic carbocycles. The van der Waals surface area contributed by atoms with Crippen LogP contribution >= 0.6 is 0 Å². The maximum absolute atomic E-state index is 5.42. The molecule has 98 valence electrons. The molecule has 1 atom stereocenters. The van der Waals surface area contributed by atoms with E-state index in [0.717, 1.165) is 13.2 Å². The number of rotatable bonds is 12. The number of nitrogens with one attached hydrogen (secondary N) is 1. The summed E-state index contributed by atoms with van der Waals surface area (Å²) in [5.41, 5.74) is 0. The van der Waals surface area contributed by atoms with E-state index in [0.29, 0.717) is 19.3 Å². The van der Waals surface area contributed by atoms with E-state index in [4.69, 9.17) is 9.47 Å². The molecule has 0 aromatic rings. The molecule has 0 fully saturated rings. The highest BCUT2D eigenvalue weighted by Crippen LogP contribution is 2.06. The van der Waals surface area contributed by atoms with Crippen LogP contribution in [0.15, 0.2) is 0 Å². The minimum Gasteiger partial charge on any atom is -0.382 e. The highest BCUT2D eigenvalue weighted by molar-refractivity contribution is 4.65. The summed E-state index contributed by atoms with van der Waals surface area (Å²) >= 11 is 0. The number of hydrogen-bond donors (Lipinski definition) is 1. The van der Waals surface area contributed by atoms with Crippen LogP contribution in [-0.2, 0) is 9.47 Å². The first-order chi connectivity index (χ1) is 7.85. The van der Waals surface area contributed by atoms with Gasteiger partial charge in [-0.2, -0.15) is 0 Å². The Morgan fingerprint density at radius 3 is 2.44 bits per heavy atom. The Kier molecular flexibility index (Phi) is 12.9. The number of methoxy groups -OCH3 is 1. The molecule has 0 amide bonds. The van der Waals surface area contributed by atoms with Crippen LogP contribution in [0.4, 0.5) is 0 Å². The predicted molar refractivity (Wildman–Crippen MR) is 68.9 cm³/mol. The zero-order valence-corrected chi connectivity index (χ0v) is 11.3. The van der Waals surface area contributed by atoms with Crippen LogP contribution < -0.4 is 5.32 Å². The molecule has 3 heteroatoms. The maximum Gasteiger partial charge on any atom is 0.0700 e. The monoisotopic (exact) mass is 231 g/mol. The van der Waals surface area contributed by atoms with E-state index >= 15 is 0 Å². The van der Waals surface area contributed by atoms with Crippen molar-refractivity contribution >= 4 is 0 Å². The SMILES string of the molecule is CCCCC(CCC)NCCOCCOC. The lowest BCUT2D eigenvalue weighted by Gasteiger charge is -2.17. The molecule has 0 bridgehead atoms. The summed E-state index contributed by atoms with van der Waals surface area (Å²) < 4.78 is 10.3. The molecule has 0 aliphatic heterocycles. The molecule has 16 heavy (non-hydrogen) atoms. The van der Waals surface area contributed by atoms with Crippen LogP contribution in [0, 0.1) is 0 Å². The lowest BCUT2D eigenvalue weighted by Crippen LogP contribution is -2.32. The molecule has 0 spiro atoms. The van der Waals surface area contributed by atoms with Crippen molar-refractivity contribution in [3.05, 3.63) is 0 Å². The van der Waals surface area contributed by atoms with Crippen molar-refractivity contribution in [2.45, 2.75) is 52.0 Å². The summed E-state index contributed by atoms with van der Waals surface area (Å²) in [6.45, 7) is 7.63. The second-order valence-corrected chi connectivity index (χ2v) is 4.19. The van der Waals surface area contributed by atoms with Gasteiger partial charge in [0.1, 0.15) is 0 Å². The maximum atomic E-state index is 5.42. The Labute approximate surface area is 101 Å². The molecule has 0 saturated carbocycles. The Morgan fingerprint density at radius 2 is 1.81 bits per heavy atom. The van der Waals surface area contributed by atoms with Gasteiger partial charge in [-0.15, -0.1) is 0 Å². The Bertz CT molecular complexity index is 131. The summed E-state index contributed by atoms with van der Waals surface area (Å²) in [6, 6.07) is 0.677. The smallest absolute Gasteiger partial charge is 0.0700 e. The Morgan fingerprint density at radius 1 is 1.00 bits per heavy atom. The first-order valence-corrected chi connectivity index (χ1v) is 6.65. The molecule has 0 rings (SSSR count). The van der Waals surface area contributed by atoms with Crippen molar-refractivity contribution in [3.8, 4) is 0 Å². The van der Waals surface area contributed by atoms with Crippen molar-refractivity contribution in [1.29, 1.82) is 0 Å². The van der Waals surface area contributed by atoms with Crippen molar-refractivity contribution < 1.29 is 9.47 Å². The van der Waals surface area contributed by atoms with E-state index in [-0.39, 0.29) is 0 Å². The van der Waals surface area contributed by atoms with E-state index in [9.17, 15) is 0 Å². The second kappa shape index (κ2) is 12.9. The summed E-state index contributed by atoms with van der Waals surface area (Å²) in [6.07, 6.45) is 6.43. The molecule has 0 radical (unpaired) electrons. The fourth-order valence-corrected chi connectivity index (χ4v) is 1.73. The Hall–Kier alpha value is -0.120. The highest BCUT2D eigenvalue weighted by atomic mass is 16.5. The molecule has 0 heterocycles. The van der Waals surface area contributed by atoms with Crippen LogP contribution in [0.2, 0.25) is 0 Å². The summed E-state index contributed by atoms with van der Waals surface area (Å²) in [5.74, 6) is 0. The van der Waals surface area contributed by atoms with Gasteiger partial charge in [0, 0.05) is 19.7 Å². The third-order valence-corrected chi connectivity index (χ3v) is 2.65. The minimum atomic E-state index is 0.677. The molecule has 1 N–H and O–H groups in total. The van der Waals surface area contributed by atoms with Gasteiger partial charge in [0.15, 0.2) is 0 Å². The van der Waals surface area contributed by atoms with Gasteiger partial charge < -0.3 is 14.8 Å². The second-order valence-electron chi connectivity index (χ2n) is 4.19. The van der Waals surface area contributed by atoms with E-state index in [1.807, 2.05) is 0 Å². The Balaban J connectivity index is 3.36. The van der Waals surface area contributed by atoms with Gasteiger partial charge in [0.25, 0.3) is 0 Å². The topological polar surface area (TPSA) is 30.5 Å². The van der Waals surface area contributed by atoms with E-state index in [1.165, 1.54) is 32.1 Å². The fourth-order valence-electron chi connectivity index (χ4n) is 1.73. The van der Waals surface area contributed by atoms with Gasteiger partial charge in [-0.05, 0) is 12.8 Å². The largest absolute Gasteiger partial charge is 0.382 e. The zero-order chi connectivity index (χ0) is 12.1. The minimum absolute atomic E-state index is 0.677. The average molecular weight is 231 g/mol. The fraction of sp³-hybridized carbons (Fsp3) is 1.00. The number of hydrogen-bond acceptors (Lipinski definition) is 3. The molecule has 3 nitrogen and oxygen atoms in total.